The first-order valence-electron chi connectivity index (χ1n) is 13.1. The van der Waals surface area contributed by atoms with E-state index in [9.17, 15) is 0 Å². The van der Waals surface area contributed by atoms with Gasteiger partial charge in [-0.25, -0.2) is 4.48 Å². The molecule has 0 aliphatic carbocycles. The van der Waals surface area contributed by atoms with Gasteiger partial charge in [0.15, 0.2) is 5.54 Å². The summed E-state index contributed by atoms with van der Waals surface area (Å²) < 4.78 is 0.452. The van der Waals surface area contributed by atoms with Crippen molar-refractivity contribution in [1.82, 2.24) is 4.48 Å². The maximum absolute atomic E-state index is 2.28. The summed E-state index contributed by atoms with van der Waals surface area (Å²) in [6.07, 6.45) is 0. The molecule has 0 bridgehead atoms. The molecule has 0 spiro atoms. The lowest BCUT2D eigenvalue weighted by atomic mass is 9.72. The molecular formula is C37H30N+. The first-order chi connectivity index (χ1) is 18.9. The highest BCUT2D eigenvalue weighted by molar-refractivity contribution is 5.78. The van der Waals surface area contributed by atoms with Gasteiger partial charge in [-0.15, -0.1) is 0 Å². The second kappa shape index (κ2) is 10.3. The zero-order valence-electron chi connectivity index (χ0n) is 21.3. The van der Waals surface area contributed by atoms with E-state index in [2.05, 4.69) is 182 Å². The minimum absolute atomic E-state index is 0.452. The lowest BCUT2D eigenvalue weighted by Crippen LogP contribution is -2.58. The average Bonchev–Trinajstić information content (AvgIpc) is 3.02. The molecule has 0 atom stereocenters. The third kappa shape index (κ3) is 3.68. The molecule has 0 amide bonds. The molecule has 0 saturated carbocycles. The highest BCUT2D eigenvalue weighted by atomic mass is 15.4. The Morgan fingerprint density at radius 1 is 0.263 bits per heavy atom. The van der Waals surface area contributed by atoms with Gasteiger partial charge in [-0.1, -0.05) is 146 Å². The molecular weight excluding hydrogens is 458 g/mol. The van der Waals surface area contributed by atoms with E-state index in [4.69, 9.17) is 0 Å². The van der Waals surface area contributed by atoms with E-state index in [0.717, 1.165) is 0 Å². The number of nitrogens with zero attached hydrogens (tertiary/aromatic N) is 1. The smallest absolute Gasteiger partial charge is 0.190 e. The normalized spacial score (nSPS) is 11.7. The lowest BCUT2D eigenvalue weighted by molar-refractivity contribution is 0.331. The van der Waals surface area contributed by atoms with Crippen LogP contribution >= 0.6 is 0 Å². The van der Waals surface area contributed by atoms with Gasteiger partial charge in [0.05, 0.1) is 0 Å². The van der Waals surface area contributed by atoms with Crippen molar-refractivity contribution >= 4 is 17.1 Å². The molecule has 6 aromatic rings. The number of hydrogen-bond donors (Lipinski definition) is 0. The summed E-state index contributed by atoms with van der Waals surface area (Å²) in [6.45, 7) is 0. The van der Waals surface area contributed by atoms with Crippen molar-refractivity contribution in [2.24, 2.45) is 0 Å². The fraction of sp³-hybridized carbons (Fsp3) is 0.0270. The maximum Gasteiger partial charge on any atom is 0.190 e. The predicted molar refractivity (Wildman–Crippen MR) is 160 cm³/mol. The largest absolute Gasteiger partial charge is 0.210 e. The number of hydrogen-bond acceptors (Lipinski definition) is 0. The summed E-state index contributed by atoms with van der Waals surface area (Å²) in [5, 5.41) is 0. The van der Waals surface area contributed by atoms with Gasteiger partial charge in [-0.3, -0.25) is 0 Å². The number of rotatable bonds is 7. The number of benzene rings is 6. The van der Waals surface area contributed by atoms with Crippen molar-refractivity contribution in [2.45, 2.75) is 5.54 Å². The molecule has 0 fully saturated rings. The van der Waals surface area contributed by atoms with E-state index >= 15 is 0 Å². The molecule has 6 aromatic carbocycles. The highest BCUT2D eigenvalue weighted by Gasteiger charge is 2.59. The van der Waals surface area contributed by atoms with E-state index in [0.29, 0.717) is 4.48 Å². The van der Waals surface area contributed by atoms with Crippen molar-refractivity contribution in [3.05, 3.63) is 199 Å². The third-order valence-corrected chi connectivity index (χ3v) is 7.51. The number of para-hydroxylation sites is 3. The summed E-state index contributed by atoms with van der Waals surface area (Å²) in [5.41, 5.74) is 6.54. The zero-order chi connectivity index (χ0) is 25.7. The molecule has 38 heavy (non-hydrogen) atoms. The van der Waals surface area contributed by atoms with Crippen LogP contribution in [-0.4, -0.2) is 0 Å². The summed E-state index contributed by atoms with van der Waals surface area (Å²) in [7, 11) is 0. The Hall–Kier alpha value is -4.72. The van der Waals surface area contributed by atoms with Gasteiger partial charge in [-0.2, -0.15) is 0 Å². The molecule has 0 aromatic heterocycles. The predicted octanol–water partition coefficient (Wildman–Crippen LogP) is 9.65. The van der Waals surface area contributed by atoms with E-state index < -0.39 is 5.54 Å². The monoisotopic (exact) mass is 488 g/mol. The van der Waals surface area contributed by atoms with Gasteiger partial charge in [0.2, 0.25) is 0 Å². The van der Waals surface area contributed by atoms with E-state index in [1.54, 1.807) is 0 Å². The van der Waals surface area contributed by atoms with E-state index in [1.165, 1.54) is 33.8 Å². The fourth-order valence-electron chi connectivity index (χ4n) is 6.10. The Morgan fingerprint density at radius 2 is 0.474 bits per heavy atom. The Bertz CT molecular complexity index is 1250. The van der Waals surface area contributed by atoms with Gasteiger partial charge >= 0.3 is 0 Å². The molecule has 0 heterocycles. The van der Waals surface area contributed by atoms with Crippen LogP contribution in [0.15, 0.2) is 182 Å². The first-order valence-corrected chi connectivity index (χ1v) is 13.1. The van der Waals surface area contributed by atoms with Crippen molar-refractivity contribution in [1.29, 1.82) is 0 Å². The van der Waals surface area contributed by atoms with Crippen LogP contribution in [0.5, 0.6) is 0 Å². The van der Waals surface area contributed by atoms with Crippen LogP contribution in [0.25, 0.3) is 0 Å². The van der Waals surface area contributed by atoms with Crippen LogP contribution in [0.1, 0.15) is 16.7 Å². The van der Waals surface area contributed by atoms with Crippen LogP contribution in [0.3, 0.4) is 0 Å². The van der Waals surface area contributed by atoms with Crippen molar-refractivity contribution in [2.75, 3.05) is 0 Å². The van der Waals surface area contributed by atoms with Crippen LogP contribution in [0, 0.1) is 0 Å². The summed E-state index contributed by atoms with van der Waals surface area (Å²) in [6, 6.07) is 65.8. The van der Waals surface area contributed by atoms with Crippen LogP contribution in [0.4, 0.5) is 17.1 Å². The topological polar surface area (TPSA) is 0 Å². The summed E-state index contributed by atoms with van der Waals surface area (Å²) >= 11 is 0. The van der Waals surface area contributed by atoms with Gasteiger partial charge in [-0.05, 0) is 0 Å². The van der Waals surface area contributed by atoms with Gasteiger partial charge in [0.1, 0.15) is 17.1 Å². The van der Waals surface area contributed by atoms with Crippen molar-refractivity contribution in [3.8, 4) is 0 Å². The van der Waals surface area contributed by atoms with Crippen molar-refractivity contribution in [3.63, 3.8) is 0 Å². The molecule has 0 saturated heterocycles. The number of quaternary nitrogens is 1. The Balaban J connectivity index is 1.93. The molecule has 0 aliphatic heterocycles. The van der Waals surface area contributed by atoms with Gasteiger partial charge < -0.3 is 0 Å². The summed E-state index contributed by atoms with van der Waals surface area (Å²) in [5.74, 6) is 0. The minimum atomic E-state index is -0.659. The van der Waals surface area contributed by atoms with Crippen LogP contribution < -0.4 is 4.48 Å². The Morgan fingerprint density at radius 3 is 0.711 bits per heavy atom. The molecule has 1 heteroatoms. The average molecular weight is 489 g/mol. The minimum Gasteiger partial charge on any atom is -0.210 e. The lowest BCUT2D eigenvalue weighted by Gasteiger charge is -2.53. The molecule has 0 N–H and O–H groups in total. The zero-order valence-corrected chi connectivity index (χ0v) is 21.3. The molecule has 0 radical (unpaired) electrons. The van der Waals surface area contributed by atoms with Crippen LogP contribution in [0.2, 0.25) is 0 Å². The van der Waals surface area contributed by atoms with Crippen molar-refractivity contribution < 1.29 is 0 Å². The standard InChI is InChI=1S/C37H30N/c1-7-19-31(20-8-1)37(32-21-9-2-10-22-32,33-23-11-3-12-24-33)38(34-25-13-4-14-26-34,35-27-15-5-16-28-35)36-29-17-6-18-30-36/h1-30H/q+1. The molecule has 182 valence electrons. The SMILES string of the molecule is c1ccc(C(c2ccccc2)(c2ccccc2)[N+](c2ccccc2)(c2ccccc2)c2ccccc2)cc1. The molecule has 1 nitrogen and oxygen atoms in total. The van der Waals surface area contributed by atoms with Crippen LogP contribution in [-0.2, 0) is 5.54 Å². The second-order valence-electron chi connectivity index (χ2n) is 9.49. The highest BCUT2D eigenvalue weighted by Crippen LogP contribution is 2.59. The maximum atomic E-state index is 2.28. The van der Waals surface area contributed by atoms with E-state index in [1.807, 2.05) is 0 Å². The third-order valence-electron chi connectivity index (χ3n) is 7.51. The molecule has 0 unspecified atom stereocenters. The quantitative estimate of drug-likeness (QED) is 0.155. The second-order valence-corrected chi connectivity index (χ2v) is 9.49. The van der Waals surface area contributed by atoms with E-state index in [-0.39, 0.29) is 0 Å². The Kier molecular flexibility index (Phi) is 6.44. The molecule has 0 aliphatic rings. The Labute approximate surface area is 225 Å². The first kappa shape index (κ1) is 23.7. The fourth-order valence-corrected chi connectivity index (χ4v) is 6.10. The van der Waals surface area contributed by atoms with Gasteiger partial charge in [0, 0.05) is 53.1 Å². The summed E-state index contributed by atoms with van der Waals surface area (Å²) in [4.78, 5) is 0. The molecule has 6 rings (SSSR count). The van der Waals surface area contributed by atoms with Gasteiger partial charge in [0.25, 0.3) is 0 Å².